The van der Waals surface area contributed by atoms with Gasteiger partial charge in [-0.05, 0) is 13.8 Å². The van der Waals surface area contributed by atoms with Gasteiger partial charge in [0.05, 0.1) is 11.3 Å². The molecule has 0 unspecified atom stereocenters. The Labute approximate surface area is 85.6 Å². The van der Waals surface area contributed by atoms with E-state index in [9.17, 15) is 0 Å². The van der Waals surface area contributed by atoms with E-state index in [1.807, 2.05) is 24.7 Å². The smallest absolute Gasteiger partial charge is 0.203 e. The maximum atomic E-state index is 5.52. The Morgan fingerprint density at radius 1 is 1.50 bits per heavy atom. The third-order valence-electron chi connectivity index (χ3n) is 1.94. The second kappa shape index (κ2) is 3.38. The first-order valence-corrected chi connectivity index (χ1v) is 5.15. The van der Waals surface area contributed by atoms with Gasteiger partial charge in [0.25, 0.3) is 0 Å². The molecule has 0 saturated heterocycles. The predicted octanol–water partition coefficient (Wildman–Crippen LogP) is 1.31. The van der Waals surface area contributed by atoms with E-state index in [0.717, 1.165) is 22.8 Å². The van der Waals surface area contributed by atoms with Crippen molar-refractivity contribution in [3.05, 3.63) is 11.9 Å². The fourth-order valence-corrected chi connectivity index (χ4v) is 1.90. The Kier molecular flexibility index (Phi) is 2.20. The summed E-state index contributed by atoms with van der Waals surface area (Å²) in [6.45, 7) is 4.86. The summed E-state index contributed by atoms with van der Waals surface area (Å²) in [4.78, 5) is 0. The van der Waals surface area contributed by atoms with Crippen molar-refractivity contribution in [1.29, 1.82) is 0 Å². The molecule has 6 heteroatoms. The summed E-state index contributed by atoms with van der Waals surface area (Å²) in [5, 5.41) is 13.4. The molecule has 0 atom stereocenters. The van der Waals surface area contributed by atoms with Gasteiger partial charge >= 0.3 is 0 Å². The molecule has 5 nitrogen and oxygen atoms in total. The summed E-state index contributed by atoms with van der Waals surface area (Å²) in [6, 6.07) is 0. The third-order valence-corrected chi connectivity index (χ3v) is 2.73. The number of anilines is 1. The van der Waals surface area contributed by atoms with Crippen molar-refractivity contribution in [2.75, 3.05) is 5.73 Å². The third kappa shape index (κ3) is 1.48. The number of nitrogens with two attached hydrogens (primary N) is 1. The molecule has 2 heterocycles. The quantitative estimate of drug-likeness (QED) is 0.809. The van der Waals surface area contributed by atoms with Gasteiger partial charge in [-0.1, -0.05) is 11.3 Å². The number of nitrogen functional groups attached to an aromatic ring is 1. The molecule has 0 saturated carbocycles. The lowest BCUT2D eigenvalue weighted by molar-refractivity contribution is 0.653. The van der Waals surface area contributed by atoms with Crippen LogP contribution in [0.5, 0.6) is 0 Å². The van der Waals surface area contributed by atoms with E-state index in [1.165, 1.54) is 11.3 Å². The number of hydrogen-bond acceptors (Lipinski definition) is 5. The zero-order valence-corrected chi connectivity index (χ0v) is 8.88. The Balaban J connectivity index is 2.45. The lowest BCUT2D eigenvalue weighted by Gasteiger charge is -1.89. The maximum absolute atomic E-state index is 5.52. The van der Waals surface area contributed by atoms with Gasteiger partial charge < -0.3 is 5.73 Å². The number of hydrogen-bond donors (Lipinski definition) is 1. The lowest BCUT2D eigenvalue weighted by atomic mass is 10.3. The second-order valence-corrected chi connectivity index (χ2v) is 3.94. The van der Waals surface area contributed by atoms with Gasteiger partial charge in [0.15, 0.2) is 5.01 Å². The highest BCUT2D eigenvalue weighted by molar-refractivity contribution is 7.18. The van der Waals surface area contributed by atoms with Crippen LogP contribution in [0.2, 0.25) is 0 Å². The van der Waals surface area contributed by atoms with Crippen LogP contribution in [0.15, 0.2) is 6.20 Å². The lowest BCUT2D eigenvalue weighted by Crippen LogP contribution is -1.93. The van der Waals surface area contributed by atoms with E-state index in [2.05, 4.69) is 15.3 Å². The molecule has 2 aromatic heterocycles. The fraction of sp³-hybridized carbons (Fsp3) is 0.375. The van der Waals surface area contributed by atoms with Gasteiger partial charge in [-0.3, -0.25) is 4.68 Å². The van der Waals surface area contributed by atoms with E-state index in [1.54, 1.807) is 0 Å². The molecule has 2 aromatic rings. The van der Waals surface area contributed by atoms with Crippen LogP contribution in [0.4, 0.5) is 5.13 Å². The van der Waals surface area contributed by atoms with Crippen LogP contribution in [-0.4, -0.2) is 20.0 Å². The topological polar surface area (TPSA) is 69.6 Å². The molecule has 0 bridgehead atoms. The summed E-state index contributed by atoms with van der Waals surface area (Å²) >= 11 is 1.38. The zero-order valence-electron chi connectivity index (χ0n) is 8.06. The number of aromatic nitrogens is 4. The molecule has 0 aliphatic rings. The Hall–Kier alpha value is -1.43. The molecule has 0 amide bonds. The van der Waals surface area contributed by atoms with Crippen molar-refractivity contribution in [3.8, 4) is 10.6 Å². The van der Waals surface area contributed by atoms with Crippen molar-refractivity contribution in [2.24, 2.45) is 0 Å². The van der Waals surface area contributed by atoms with Crippen molar-refractivity contribution in [3.63, 3.8) is 0 Å². The molecule has 0 fully saturated rings. The first-order valence-electron chi connectivity index (χ1n) is 4.34. The monoisotopic (exact) mass is 209 g/mol. The minimum Gasteiger partial charge on any atom is -0.374 e. The second-order valence-electron chi connectivity index (χ2n) is 2.93. The predicted molar refractivity (Wildman–Crippen MR) is 56.0 cm³/mol. The minimum atomic E-state index is 0.489. The highest BCUT2D eigenvalue weighted by Crippen LogP contribution is 2.26. The van der Waals surface area contributed by atoms with Gasteiger partial charge in [-0.25, -0.2) is 0 Å². The van der Waals surface area contributed by atoms with Crippen LogP contribution >= 0.6 is 11.3 Å². The van der Waals surface area contributed by atoms with Gasteiger partial charge in [-0.15, -0.1) is 10.2 Å². The highest BCUT2D eigenvalue weighted by atomic mass is 32.1. The first-order chi connectivity index (χ1) is 6.70. The molecule has 2 rings (SSSR count). The van der Waals surface area contributed by atoms with Crippen LogP contribution in [-0.2, 0) is 6.54 Å². The van der Waals surface area contributed by atoms with Crippen molar-refractivity contribution in [2.45, 2.75) is 20.4 Å². The normalized spacial score (nSPS) is 10.7. The average Bonchev–Trinajstić information content (AvgIpc) is 2.71. The minimum absolute atomic E-state index is 0.489. The van der Waals surface area contributed by atoms with Crippen molar-refractivity contribution < 1.29 is 0 Å². The Bertz CT molecular complexity index is 444. The Morgan fingerprint density at radius 2 is 2.29 bits per heavy atom. The van der Waals surface area contributed by atoms with Gasteiger partial charge in [0.2, 0.25) is 5.13 Å². The molecule has 14 heavy (non-hydrogen) atoms. The van der Waals surface area contributed by atoms with Crippen molar-refractivity contribution in [1.82, 2.24) is 20.0 Å². The summed E-state index contributed by atoms with van der Waals surface area (Å²) in [6.07, 6.45) is 1.97. The molecular formula is C8H11N5S. The van der Waals surface area contributed by atoms with Crippen LogP contribution < -0.4 is 5.73 Å². The molecule has 0 aliphatic carbocycles. The number of rotatable bonds is 2. The van der Waals surface area contributed by atoms with Crippen molar-refractivity contribution >= 4 is 16.5 Å². The molecule has 2 N–H and O–H groups in total. The van der Waals surface area contributed by atoms with E-state index in [0.29, 0.717) is 5.13 Å². The summed E-state index contributed by atoms with van der Waals surface area (Å²) in [7, 11) is 0. The van der Waals surface area contributed by atoms with Gasteiger partial charge in [0.1, 0.15) is 0 Å². The van der Waals surface area contributed by atoms with Crippen LogP contribution in [0.25, 0.3) is 10.6 Å². The Morgan fingerprint density at radius 3 is 2.79 bits per heavy atom. The zero-order chi connectivity index (χ0) is 10.1. The largest absolute Gasteiger partial charge is 0.374 e. The van der Waals surface area contributed by atoms with E-state index in [-0.39, 0.29) is 0 Å². The molecule has 0 spiro atoms. The summed E-state index contributed by atoms with van der Waals surface area (Å²) in [5.74, 6) is 0. The molecule has 0 aromatic carbocycles. The summed E-state index contributed by atoms with van der Waals surface area (Å²) < 4.78 is 1.88. The molecule has 74 valence electrons. The number of nitrogens with zero attached hydrogens (tertiary/aromatic N) is 4. The molecular weight excluding hydrogens is 198 g/mol. The van der Waals surface area contributed by atoms with E-state index in [4.69, 9.17) is 5.73 Å². The standard InChI is InChI=1S/C8H11N5S/c1-3-13-4-6(5(2)12-13)7-10-11-8(9)14-7/h4H,3H2,1-2H3,(H2,9,11). The first kappa shape index (κ1) is 9.14. The average molecular weight is 209 g/mol. The van der Waals surface area contributed by atoms with E-state index < -0.39 is 0 Å². The van der Waals surface area contributed by atoms with E-state index >= 15 is 0 Å². The highest BCUT2D eigenvalue weighted by Gasteiger charge is 2.10. The number of aryl methyl sites for hydroxylation is 2. The van der Waals surface area contributed by atoms with Crippen LogP contribution in [0.1, 0.15) is 12.6 Å². The summed E-state index contributed by atoms with van der Waals surface area (Å²) in [5.41, 5.74) is 7.50. The molecule has 0 aliphatic heterocycles. The van der Waals surface area contributed by atoms with Gasteiger partial charge in [-0.2, -0.15) is 5.10 Å². The maximum Gasteiger partial charge on any atom is 0.203 e. The van der Waals surface area contributed by atoms with Crippen LogP contribution in [0, 0.1) is 6.92 Å². The molecule has 0 radical (unpaired) electrons. The SMILES string of the molecule is CCn1cc(-c2nnc(N)s2)c(C)n1. The fourth-order valence-electron chi connectivity index (χ4n) is 1.23. The van der Waals surface area contributed by atoms with Crippen LogP contribution in [0.3, 0.4) is 0 Å². The van der Waals surface area contributed by atoms with Gasteiger partial charge in [0, 0.05) is 12.7 Å².